The fourth-order valence-electron chi connectivity index (χ4n) is 1.84. The zero-order chi connectivity index (χ0) is 15.2. The van der Waals surface area contributed by atoms with E-state index in [-0.39, 0.29) is 10.9 Å². The number of amides is 1. The molecule has 0 aliphatic carbocycles. The fraction of sp³-hybridized carbons (Fsp3) is 0.133. The van der Waals surface area contributed by atoms with Crippen molar-refractivity contribution in [2.45, 2.75) is 6.42 Å². The largest absolute Gasteiger partial charge is 0.393 e. The first kappa shape index (κ1) is 15.4. The smallest absolute Gasteiger partial charge is 0.235 e. The minimum Gasteiger partial charge on any atom is -0.393 e. The van der Waals surface area contributed by atoms with Crippen LogP contribution in [0, 0.1) is 5.92 Å². The molecule has 0 radical (unpaired) electrons. The van der Waals surface area contributed by atoms with Gasteiger partial charge in [0.25, 0.3) is 0 Å². The summed E-state index contributed by atoms with van der Waals surface area (Å²) in [6, 6.07) is 12.9. The number of hydrogen-bond acceptors (Lipinski definition) is 3. The van der Waals surface area contributed by atoms with Gasteiger partial charge in [-0.2, -0.15) is 0 Å². The van der Waals surface area contributed by atoms with Gasteiger partial charge in [0.05, 0.1) is 15.9 Å². The summed E-state index contributed by atoms with van der Waals surface area (Å²) in [4.78, 5) is 16.5. The van der Waals surface area contributed by atoms with E-state index >= 15 is 0 Å². The molecular formula is C15H14ClN3OS. The minimum absolute atomic E-state index is 0.158. The molecule has 21 heavy (non-hydrogen) atoms. The number of benzene rings is 1. The molecule has 1 atom stereocenters. The molecule has 1 unspecified atom stereocenters. The van der Waals surface area contributed by atoms with Crippen molar-refractivity contribution in [1.82, 2.24) is 4.98 Å². The Hall–Kier alpha value is -1.98. The number of nitrogens with two attached hydrogens (primary N) is 1. The topological polar surface area (TPSA) is 68.0 Å². The number of nitrogens with zero attached hydrogens (tertiary/aromatic N) is 1. The highest BCUT2D eigenvalue weighted by Gasteiger charge is 2.22. The van der Waals surface area contributed by atoms with Gasteiger partial charge in [0.2, 0.25) is 5.91 Å². The molecule has 3 N–H and O–H groups in total. The number of nitrogens with one attached hydrogen (secondary N) is 1. The molecule has 0 fully saturated rings. The van der Waals surface area contributed by atoms with Crippen LogP contribution in [-0.2, 0) is 11.2 Å². The van der Waals surface area contributed by atoms with Crippen LogP contribution in [0.2, 0.25) is 5.02 Å². The van der Waals surface area contributed by atoms with Crippen molar-refractivity contribution >= 4 is 40.5 Å². The predicted octanol–water partition coefficient (Wildman–Crippen LogP) is 2.82. The third-order valence-electron chi connectivity index (χ3n) is 2.92. The third-order valence-corrected chi connectivity index (χ3v) is 3.43. The molecule has 6 heteroatoms. The summed E-state index contributed by atoms with van der Waals surface area (Å²) < 4.78 is 0. The van der Waals surface area contributed by atoms with E-state index in [9.17, 15) is 4.79 Å². The van der Waals surface area contributed by atoms with Crippen molar-refractivity contribution < 1.29 is 4.79 Å². The third kappa shape index (κ3) is 4.51. The molecule has 0 spiro atoms. The molecule has 108 valence electrons. The molecule has 2 aromatic rings. The molecule has 4 nitrogen and oxygen atoms in total. The Labute approximate surface area is 133 Å². The second-order valence-corrected chi connectivity index (χ2v) is 5.40. The van der Waals surface area contributed by atoms with E-state index in [1.165, 1.54) is 6.20 Å². The number of carbonyl (C=O) groups is 1. The zero-order valence-corrected chi connectivity index (χ0v) is 12.7. The number of pyridine rings is 1. The van der Waals surface area contributed by atoms with E-state index in [0.717, 1.165) is 5.56 Å². The SMILES string of the molecule is NC(=S)C(Cc1ccccc1)C(=O)Nc1ccc(Cl)cn1. The predicted molar refractivity (Wildman–Crippen MR) is 88.3 cm³/mol. The van der Waals surface area contributed by atoms with E-state index in [2.05, 4.69) is 10.3 Å². The van der Waals surface area contributed by atoms with Crippen LogP contribution < -0.4 is 11.1 Å². The molecule has 0 saturated carbocycles. The van der Waals surface area contributed by atoms with E-state index < -0.39 is 5.92 Å². The maximum Gasteiger partial charge on any atom is 0.235 e. The molecule has 1 aromatic carbocycles. The molecule has 0 aliphatic rings. The van der Waals surface area contributed by atoms with Crippen LogP contribution in [0.3, 0.4) is 0 Å². The van der Waals surface area contributed by atoms with E-state index in [4.69, 9.17) is 29.6 Å². The second-order valence-electron chi connectivity index (χ2n) is 4.50. The molecule has 0 saturated heterocycles. The van der Waals surface area contributed by atoms with E-state index in [1.54, 1.807) is 12.1 Å². The Morgan fingerprint density at radius 1 is 1.29 bits per heavy atom. The first-order valence-corrected chi connectivity index (χ1v) is 7.10. The van der Waals surface area contributed by atoms with Crippen LogP contribution >= 0.6 is 23.8 Å². The van der Waals surface area contributed by atoms with Gasteiger partial charge in [-0.05, 0) is 24.1 Å². The van der Waals surface area contributed by atoms with Crippen molar-refractivity contribution in [1.29, 1.82) is 0 Å². The highest BCUT2D eigenvalue weighted by molar-refractivity contribution is 7.80. The van der Waals surface area contributed by atoms with Crippen molar-refractivity contribution in [3.63, 3.8) is 0 Å². The highest BCUT2D eigenvalue weighted by Crippen LogP contribution is 2.14. The Balaban J connectivity index is 2.09. The Morgan fingerprint density at radius 3 is 2.57 bits per heavy atom. The van der Waals surface area contributed by atoms with Gasteiger partial charge in [0, 0.05) is 6.20 Å². The fourth-order valence-corrected chi connectivity index (χ4v) is 2.14. The summed E-state index contributed by atoms with van der Waals surface area (Å²) in [7, 11) is 0. The Morgan fingerprint density at radius 2 is 2.00 bits per heavy atom. The lowest BCUT2D eigenvalue weighted by molar-refractivity contribution is -0.118. The number of thiocarbonyl (C=S) groups is 1. The van der Waals surface area contributed by atoms with Crippen molar-refractivity contribution in [2.24, 2.45) is 11.7 Å². The summed E-state index contributed by atoms with van der Waals surface area (Å²) in [6.45, 7) is 0. The van der Waals surface area contributed by atoms with Crippen LogP contribution in [-0.4, -0.2) is 15.9 Å². The summed E-state index contributed by atoms with van der Waals surface area (Å²) in [5, 5.41) is 3.20. The van der Waals surface area contributed by atoms with E-state index in [1.807, 2.05) is 30.3 Å². The van der Waals surface area contributed by atoms with Crippen LogP contribution in [0.15, 0.2) is 48.7 Å². The first-order valence-electron chi connectivity index (χ1n) is 6.32. The molecule has 1 amide bonds. The van der Waals surface area contributed by atoms with Crippen molar-refractivity contribution in [2.75, 3.05) is 5.32 Å². The lowest BCUT2D eigenvalue weighted by atomic mass is 9.98. The maximum atomic E-state index is 12.3. The zero-order valence-electron chi connectivity index (χ0n) is 11.1. The Kier molecular flexibility index (Phi) is 5.25. The Bertz CT molecular complexity index is 631. The average Bonchev–Trinajstić information content (AvgIpc) is 2.48. The number of rotatable bonds is 5. The van der Waals surface area contributed by atoms with E-state index in [0.29, 0.717) is 17.3 Å². The van der Waals surface area contributed by atoms with Crippen LogP contribution in [0.25, 0.3) is 0 Å². The standard InChI is InChI=1S/C15H14ClN3OS/c16-11-6-7-13(18-9-11)19-15(20)12(14(17)21)8-10-4-2-1-3-5-10/h1-7,9,12H,8H2,(H2,17,21)(H,18,19,20). The van der Waals surface area contributed by atoms with Crippen LogP contribution in [0.5, 0.6) is 0 Å². The average molecular weight is 320 g/mol. The molecule has 1 aromatic heterocycles. The van der Waals surface area contributed by atoms with Gasteiger partial charge in [-0.25, -0.2) is 4.98 Å². The lowest BCUT2D eigenvalue weighted by Gasteiger charge is -2.15. The number of hydrogen-bond donors (Lipinski definition) is 2. The molecule has 0 aliphatic heterocycles. The van der Waals surface area contributed by atoms with Crippen molar-refractivity contribution in [3.8, 4) is 0 Å². The quantitative estimate of drug-likeness (QED) is 0.832. The number of halogens is 1. The molecule has 2 rings (SSSR count). The lowest BCUT2D eigenvalue weighted by Crippen LogP contribution is -2.35. The summed E-state index contributed by atoms with van der Waals surface area (Å²) in [6.07, 6.45) is 1.92. The van der Waals surface area contributed by atoms with Crippen LogP contribution in [0.4, 0.5) is 5.82 Å². The maximum absolute atomic E-state index is 12.3. The summed E-state index contributed by atoms with van der Waals surface area (Å²) >= 11 is 10.8. The van der Waals surface area contributed by atoms with Gasteiger partial charge in [0.15, 0.2) is 0 Å². The monoisotopic (exact) mass is 319 g/mol. The van der Waals surface area contributed by atoms with Gasteiger partial charge in [-0.3, -0.25) is 4.79 Å². The van der Waals surface area contributed by atoms with Crippen LogP contribution in [0.1, 0.15) is 5.56 Å². The highest BCUT2D eigenvalue weighted by atomic mass is 35.5. The molecule has 0 bridgehead atoms. The summed E-state index contributed by atoms with van der Waals surface area (Å²) in [5.41, 5.74) is 6.69. The second kappa shape index (κ2) is 7.15. The van der Waals surface area contributed by atoms with Gasteiger partial charge >= 0.3 is 0 Å². The number of aromatic nitrogens is 1. The summed E-state index contributed by atoms with van der Waals surface area (Å²) in [5.74, 6) is -0.445. The number of anilines is 1. The van der Waals surface area contributed by atoms with Gasteiger partial charge in [-0.15, -0.1) is 0 Å². The van der Waals surface area contributed by atoms with Gasteiger partial charge in [0.1, 0.15) is 5.82 Å². The normalized spacial score (nSPS) is 11.7. The van der Waals surface area contributed by atoms with Gasteiger partial charge in [-0.1, -0.05) is 54.2 Å². The number of carbonyl (C=O) groups excluding carboxylic acids is 1. The molecule has 1 heterocycles. The first-order chi connectivity index (χ1) is 10.1. The minimum atomic E-state index is -0.583. The molecular weight excluding hydrogens is 306 g/mol. The van der Waals surface area contributed by atoms with Gasteiger partial charge < -0.3 is 11.1 Å². The van der Waals surface area contributed by atoms with Crippen molar-refractivity contribution in [3.05, 3.63) is 59.2 Å².